The normalized spacial score (nSPS) is 20.6. The lowest BCUT2D eigenvalue weighted by molar-refractivity contribution is -0.157. The molecule has 1 aliphatic rings. The summed E-state index contributed by atoms with van der Waals surface area (Å²) < 4.78 is 113. The van der Waals surface area contributed by atoms with Crippen molar-refractivity contribution in [2.24, 2.45) is 0 Å². The van der Waals surface area contributed by atoms with Gasteiger partial charge in [-0.3, -0.25) is 4.79 Å². The minimum Gasteiger partial charge on any atom is -0.460 e. The van der Waals surface area contributed by atoms with E-state index in [-0.39, 0.29) is 19.0 Å². The van der Waals surface area contributed by atoms with Crippen molar-refractivity contribution in [3.63, 3.8) is 0 Å². The molecule has 0 radical (unpaired) electrons. The van der Waals surface area contributed by atoms with E-state index in [1.807, 2.05) is 0 Å². The summed E-state index contributed by atoms with van der Waals surface area (Å²) in [5.74, 6) is -2.19. The van der Waals surface area contributed by atoms with Crippen LogP contribution in [0.5, 0.6) is 0 Å². The van der Waals surface area contributed by atoms with Crippen LogP contribution in [0.15, 0.2) is 42.5 Å². The monoisotopic (exact) mass is 679 g/mol. The zero-order chi connectivity index (χ0) is 35.7. The number of hydrogen-bond acceptors (Lipinski definition) is 6. The number of aliphatic hydroxyl groups excluding tert-OH is 1. The van der Waals surface area contributed by atoms with Crippen LogP contribution in [0.25, 0.3) is 0 Å². The van der Waals surface area contributed by atoms with Gasteiger partial charge in [-0.15, -0.1) is 0 Å². The third kappa shape index (κ3) is 10.8. The maximum absolute atomic E-state index is 14.0. The number of benzene rings is 2. The maximum Gasteiger partial charge on any atom is 0.416 e. The highest BCUT2D eigenvalue weighted by atomic mass is 19.4. The predicted octanol–water partition coefficient (Wildman–Crippen LogP) is 8.20. The van der Waals surface area contributed by atoms with Gasteiger partial charge in [-0.25, -0.2) is 9.18 Å². The molecule has 0 aliphatic carbocycles. The van der Waals surface area contributed by atoms with E-state index in [0.717, 1.165) is 12.1 Å². The van der Waals surface area contributed by atoms with Crippen molar-refractivity contribution in [2.45, 2.75) is 115 Å². The largest absolute Gasteiger partial charge is 0.460 e. The summed E-state index contributed by atoms with van der Waals surface area (Å²) >= 11 is 0. The van der Waals surface area contributed by atoms with Crippen LogP contribution in [0.2, 0.25) is 0 Å². The molecule has 0 spiro atoms. The number of carbonyl (C=O) groups excluding carboxylic acids is 2. The molecule has 1 unspecified atom stereocenters. The Hall–Kier alpha value is -3.39. The zero-order valence-electron chi connectivity index (χ0n) is 27.1. The van der Waals surface area contributed by atoms with E-state index in [4.69, 9.17) is 14.2 Å². The molecule has 0 saturated carbocycles. The van der Waals surface area contributed by atoms with Gasteiger partial charge in [0.1, 0.15) is 17.0 Å². The lowest BCUT2D eigenvalue weighted by atomic mass is 9.86. The average Bonchev–Trinajstić information content (AvgIpc) is 3.23. The van der Waals surface area contributed by atoms with Crippen LogP contribution >= 0.6 is 0 Å². The first-order valence-corrected chi connectivity index (χ1v) is 14.9. The summed E-state index contributed by atoms with van der Waals surface area (Å²) in [4.78, 5) is 27.2. The van der Waals surface area contributed by atoms with Gasteiger partial charge < -0.3 is 24.2 Å². The standard InChI is InChI=1S/C33H40F7NO6/c1-18(20-12-21(32(35,36)37)14-22(13-20)33(38,39)40)45-26-17-41(29(44)47-31(5,6)7)25(28(26)19-8-10-23(34)11-9-19)15-24(42)16-27(43)46-30(2,3)4/h8-14,18,24-26,28,42H,15-17H2,1-7H3/t18-,24?,25+,26+,28+/m1/s1. The van der Waals surface area contributed by atoms with E-state index in [1.54, 1.807) is 41.5 Å². The molecular formula is C33H40F7NO6. The quantitative estimate of drug-likeness (QED) is 0.224. The smallest absolute Gasteiger partial charge is 0.416 e. The van der Waals surface area contributed by atoms with E-state index in [1.165, 1.54) is 24.0 Å². The predicted molar refractivity (Wildman–Crippen MR) is 157 cm³/mol. The molecule has 1 aliphatic heterocycles. The number of amides is 1. The van der Waals surface area contributed by atoms with E-state index in [0.29, 0.717) is 17.7 Å². The van der Waals surface area contributed by atoms with Gasteiger partial charge in [0, 0.05) is 12.0 Å². The number of halogens is 7. The Bertz CT molecular complexity index is 1360. The molecule has 47 heavy (non-hydrogen) atoms. The molecule has 0 aromatic heterocycles. The summed E-state index contributed by atoms with van der Waals surface area (Å²) in [5, 5.41) is 11.0. The highest BCUT2D eigenvalue weighted by Crippen LogP contribution is 2.43. The Balaban J connectivity index is 2.06. The molecule has 7 nitrogen and oxygen atoms in total. The Morgan fingerprint density at radius 3 is 1.85 bits per heavy atom. The lowest BCUT2D eigenvalue weighted by Crippen LogP contribution is -2.43. The molecule has 262 valence electrons. The van der Waals surface area contributed by atoms with Gasteiger partial charge in [0.15, 0.2) is 0 Å². The fourth-order valence-electron chi connectivity index (χ4n) is 5.43. The SMILES string of the molecule is C[C@@H](O[C@H]1CN(C(=O)OC(C)(C)C)[C@@H](CC(O)CC(=O)OC(C)(C)C)[C@@H]1c1ccc(F)cc1)c1cc(C(F)(F)F)cc(C(F)(F)F)c1. The first-order chi connectivity index (χ1) is 21.3. The van der Waals surface area contributed by atoms with Gasteiger partial charge in [-0.05, 0) is 96.3 Å². The number of carbonyl (C=O) groups is 2. The van der Waals surface area contributed by atoms with Crippen molar-refractivity contribution in [1.82, 2.24) is 4.90 Å². The van der Waals surface area contributed by atoms with Crippen molar-refractivity contribution < 1.29 is 59.6 Å². The Kier molecular flexibility index (Phi) is 11.3. The molecule has 2 aromatic rings. The fraction of sp³-hybridized carbons (Fsp3) is 0.576. The molecular weight excluding hydrogens is 639 g/mol. The fourth-order valence-corrected chi connectivity index (χ4v) is 5.43. The van der Waals surface area contributed by atoms with Gasteiger partial charge in [0.2, 0.25) is 0 Å². The number of rotatable bonds is 8. The van der Waals surface area contributed by atoms with Crippen LogP contribution < -0.4 is 0 Å². The molecule has 1 amide bonds. The lowest BCUT2D eigenvalue weighted by Gasteiger charge is -2.32. The third-order valence-electron chi connectivity index (χ3n) is 7.27. The number of alkyl halides is 6. The first kappa shape index (κ1) is 38.1. The van der Waals surface area contributed by atoms with Crippen LogP contribution in [0.4, 0.5) is 35.5 Å². The minimum absolute atomic E-state index is 0.0133. The van der Waals surface area contributed by atoms with Gasteiger partial charge in [-0.2, -0.15) is 26.3 Å². The Morgan fingerprint density at radius 1 is 0.872 bits per heavy atom. The van der Waals surface area contributed by atoms with E-state index in [2.05, 4.69) is 0 Å². The molecule has 1 heterocycles. The number of likely N-dealkylation sites (tertiary alicyclic amines) is 1. The topological polar surface area (TPSA) is 85.3 Å². The maximum atomic E-state index is 14.0. The van der Waals surface area contributed by atoms with Gasteiger partial charge in [0.25, 0.3) is 0 Å². The van der Waals surface area contributed by atoms with Crippen LogP contribution in [0, 0.1) is 5.82 Å². The highest BCUT2D eigenvalue weighted by Gasteiger charge is 2.48. The van der Waals surface area contributed by atoms with Crippen LogP contribution in [-0.2, 0) is 31.4 Å². The number of hydrogen-bond donors (Lipinski definition) is 1. The van der Waals surface area contributed by atoms with Gasteiger partial charge in [0.05, 0.1) is 42.4 Å². The number of esters is 1. The van der Waals surface area contributed by atoms with E-state index in [9.17, 15) is 45.4 Å². The minimum atomic E-state index is -5.08. The second kappa shape index (κ2) is 14.0. The summed E-state index contributed by atoms with van der Waals surface area (Å²) in [6, 6.07) is 5.27. The summed E-state index contributed by atoms with van der Waals surface area (Å²) in [6.07, 6.45) is -15.4. The molecule has 14 heteroatoms. The van der Waals surface area contributed by atoms with Crippen molar-refractivity contribution in [2.75, 3.05) is 6.54 Å². The molecule has 0 bridgehead atoms. The van der Waals surface area contributed by atoms with Crippen molar-refractivity contribution >= 4 is 12.1 Å². The van der Waals surface area contributed by atoms with Crippen molar-refractivity contribution in [1.29, 1.82) is 0 Å². The second-order valence-corrected chi connectivity index (χ2v) is 13.6. The number of ether oxygens (including phenoxy) is 3. The molecule has 1 fully saturated rings. The van der Waals surface area contributed by atoms with Gasteiger partial charge in [-0.1, -0.05) is 12.1 Å². The highest BCUT2D eigenvalue weighted by molar-refractivity contribution is 5.71. The molecule has 2 aromatic carbocycles. The van der Waals surface area contributed by atoms with Crippen molar-refractivity contribution in [3.05, 3.63) is 70.5 Å². The summed E-state index contributed by atoms with van der Waals surface area (Å²) in [7, 11) is 0. The zero-order valence-corrected chi connectivity index (χ0v) is 27.1. The molecule has 5 atom stereocenters. The third-order valence-corrected chi connectivity index (χ3v) is 7.27. The van der Waals surface area contributed by atoms with Gasteiger partial charge >= 0.3 is 24.4 Å². The molecule has 1 N–H and O–H groups in total. The number of nitrogens with zero attached hydrogens (tertiary/aromatic N) is 1. The van der Waals surface area contributed by atoms with E-state index < -0.39 is 94.8 Å². The number of aliphatic hydroxyl groups is 1. The summed E-state index contributed by atoms with van der Waals surface area (Å²) in [5.41, 5.74) is -4.85. The van der Waals surface area contributed by atoms with Crippen LogP contribution in [-0.4, -0.2) is 58.1 Å². The second-order valence-electron chi connectivity index (χ2n) is 13.6. The molecule has 3 rings (SSSR count). The van der Waals surface area contributed by atoms with Crippen LogP contribution in [0.3, 0.4) is 0 Å². The Morgan fingerprint density at radius 2 is 1.38 bits per heavy atom. The first-order valence-electron chi connectivity index (χ1n) is 14.9. The molecule has 1 saturated heterocycles. The summed E-state index contributed by atoms with van der Waals surface area (Å²) in [6.45, 7) is 10.8. The van der Waals surface area contributed by atoms with E-state index >= 15 is 0 Å². The van der Waals surface area contributed by atoms with Crippen LogP contribution in [0.1, 0.15) is 95.6 Å². The Labute approximate surface area is 269 Å². The average molecular weight is 680 g/mol. The van der Waals surface area contributed by atoms with Crippen molar-refractivity contribution in [3.8, 4) is 0 Å².